The molecule has 0 unspecified atom stereocenters. The fourth-order valence-corrected chi connectivity index (χ4v) is 1.74. The number of likely N-dealkylation sites (N-methyl/N-ethyl adjacent to an activating group) is 1. The molecule has 1 amide bonds. The van der Waals surface area contributed by atoms with Gasteiger partial charge in [-0.25, -0.2) is 4.98 Å². The van der Waals surface area contributed by atoms with Gasteiger partial charge in [0.05, 0.1) is 9.40 Å². The van der Waals surface area contributed by atoms with Gasteiger partial charge in [0.2, 0.25) is 5.91 Å². The first-order chi connectivity index (χ1) is 8.32. The number of amides is 1. The minimum Gasteiger partial charge on any atom is -0.358 e. The summed E-state index contributed by atoms with van der Waals surface area (Å²) in [5.74, 6) is 0.283. The molecule has 1 heterocycles. The van der Waals surface area contributed by atoms with Crippen LogP contribution in [0.3, 0.4) is 0 Å². The molecule has 8 heteroatoms. The first-order valence-electron chi connectivity index (χ1n) is 5.10. The summed E-state index contributed by atoms with van der Waals surface area (Å²) in [6.07, 6.45) is 1.14. The molecule has 1 aromatic rings. The molecule has 0 aliphatic carbocycles. The lowest BCUT2D eigenvalue weighted by Gasteiger charge is -2.18. The second kappa shape index (κ2) is 5.76. The van der Waals surface area contributed by atoms with Gasteiger partial charge in [0, 0.05) is 20.2 Å². The summed E-state index contributed by atoms with van der Waals surface area (Å²) >= 11 is 3.18. The second-order valence-electron chi connectivity index (χ2n) is 3.88. The lowest BCUT2D eigenvalue weighted by atomic mass is 10.3. The molecule has 18 heavy (non-hydrogen) atoms. The number of nitrogens with zero attached hydrogens (tertiary/aromatic N) is 3. The summed E-state index contributed by atoms with van der Waals surface area (Å²) in [5.41, 5.74) is -0.112. The zero-order valence-electron chi connectivity index (χ0n) is 10.2. The summed E-state index contributed by atoms with van der Waals surface area (Å²) < 4.78 is 0.440. The zero-order chi connectivity index (χ0) is 13.9. The van der Waals surface area contributed by atoms with Crippen LogP contribution in [0, 0.1) is 10.1 Å². The van der Waals surface area contributed by atoms with Crippen LogP contribution in [0.5, 0.6) is 0 Å². The molecule has 1 N–H and O–H groups in total. The summed E-state index contributed by atoms with van der Waals surface area (Å²) in [7, 11) is 3.30. The molecule has 1 rings (SSSR count). The zero-order valence-corrected chi connectivity index (χ0v) is 11.8. The van der Waals surface area contributed by atoms with Gasteiger partial charge >= 0.3 is 0 Å². The highest BCUT2D eigenvalue weighted by Crippen LogP contribution is 2.24. The van der Waals surface area contributed by atoms with Crippen molar-refractivity contribution in [3.8, 4) is 0 Å². The number of nitro groups is 1. The quantitative estimate of drug-likeness (QED) is 0.674. The second-order valence-corrected chi connectivity index (χ2v) is 4.73. The van der Waals surface area contributed by atoms with Crippen LogP contribution in [-0.2, 0) is 4.79 Å². The smallest absolute Gasteiger partial charge is 0.288 e. The minimum atomic E-state index is -0.532. The number of carbonyl (C=O) groups is 1. The molecule has 1 aromatic heterocycles. The van der Waals surface area contributed by atoms with E-state index in [1.54, 1.807) is 21.0 Å². The van der Waals surface area contributed by atoms with Gasteiger partial charge in [-0.3, -0.25) is 14.9 Å². The van der Waals surface area contributed by atoms with E-state index in [9.17, 15) is 14.9 Å². The van der Waals surface area contributed by atoms with Crippen LogP contribution in [0.25, 0.3) is 0 Å². The molecule has 0 aromatic carbocycles. The molecule has 0 saturated heterocycles. The van der Waals surface area contributed by atoms with Gasteiger partial charge in [-0.15, -0.1) is 0 Å². The highest BCUT2D eigenvalue weighted by molar-refractivity contribution is 9.10. The number of halogens is 1. The predicted octanol–water partition coefficient (Wildman–Crippen LogP) is 1.64. The molecule has 0 radical (unpaired) electrons. The van der Waals surface area contributed by atoms with E-state index < -0.39 is 11.0 Å². The first-order valence-corrected chi connectivity index (χ1v) is 5.90. The molecule has 7 nitrogen and oxygen atoms in total. The number of aromatic nitrogens is 1. The number of rotatable bonds is 4. The van der Waals surface area contributed by atoms with Crippen molar-refractivity contribution in [2.75, 3.05) is 19.4 Å². The van der Waals surface area contributed by atoms with Gasteiger partial charge in [-0.2, -0.15) is 0 Å². The van der Waals surface area contributed by atoms with Gasteiger partial charge in [0.15, 0.2) is 0 Å². The number of pyridine rings is 1. The number of anilines is 1. The Bertz CT molecular complexity index is 478. The van der Waals surface area contributed by atoms with Gasteiger partial charge in [-0.1, -0.05) is 0 Å². The summed E-state index contributed by atoms with van der Waals surface area (Å²) in [6, 6.07) is 0.868. The fourth-order valence-electron chi connectivity index (χ4n) is 1.29. The number of hydrogen-bond donors (Lipinski definition) is 1. The minimum absolute atomic E-state index is 0.109. The van der Waals surface area contributed by atoms with E-state index >= 15 is 0 Å². The van der Waals surface area contributed by atoms with E-state index in [1.807, 2.05) is 0 Å². The molecule has 1 atom stereocenters. The van der Waals surface area contributed by atoms with Crippen molar-refractivity contribution in [1.29, 1.82) is 0 Å². The third kappa shape index (κ3) is 3.39. The van der Waals surface area contributed by atoms with Crippen LogP contribution in [-0.4, -0.2) is 40.9 Å². The average Bonchev–Trinajstić information content (AvgIpc) is 2.30. The molecule has 0 saturated carbocycles. The molecule has 0 fully saturated rings. The van der Waals surface area contributed by atoms with Crippen molar-refractivity contribution in [2.45, 2.75) is 13.0 Å². The Kier molecular flexibility index (Phi) is 4.60. The standard InChI is InChI=1S/C10H13BrN4O3/c1-6(10(16)14(2)3)13-9-8(11)4-7(5-12-9)15(17)18/h4-6H,1-3H3,(H,12,13)/t6-/m0/s1. The van der Waals surface area contributed by atoms with E-state index in [0.717, 1.165) is 6.20 Å². The van der Waals surface area contributed by atoms with Gasteiger partial charge < -0.3 is 10.2 Å². The van der Waals surface area contributed by atoms with E-state index in [4.69, 9.17) is 0 Å². The number of hydrogen-bond acceptors (Lipinski definition) is 5. The van der Waals surface area contributed by atoms with Crippen molar-refractivity contribution in [2.24, 2.45) is 0 Å². The first kappa shape index (κ1) is 14.4. The van der Waals surface area contributed by atoms with Crippen molar-refractivity contribution < 1.29 is 9.72 Å². The lowest BCUT2D eigenvalue weighted by molar-refractivity contribution is -0.385. The van der Waals surface area contributed by atoms with E-state index in [-0.39, 0.29) is 11.6 Å². The maximum atomic E-state index is 11.6. The number of nitrogens with one attached hydrogen (secondary N) is 1. The Hall–Kier alpha value is -1.70. The van der Waals surface area contributed by atoms with Crippen molar-refractivity contribution in [3.63, 3.8) is 0 Å². The Morgan fingerprint density at radius 3 is 2.67 bits per heavy atom. The largest absolute Gasteiger partial charge is 0.358 e. The Labute approximate surface area is 112 Å². The van der Waals surface area contributed by atoms with Gasteiger partial charge in [0.1, 0.15) is 18.1 Å². The van der Waals surface area contributed by atoms with Crippen LogP contribution >= 0.6 is 15.9 Å². The summed E-state index contributed by atoms with van der Waals surface area (Å²) in [6.45, 7) is 1.69. The Morgan fingerprint density at radius 1 is 1.61 bits per heavy atom. The van der Waals surface area contributed by atoms with Crippen LogP contribution in [0.15, 0.2) is 16.7 Å². The third-order valence-electron chi connectivity index (χ3n) is 2.20. The van der Waals surface area contributed by atoms with Crippen LogP contribution < -0.4 is 5.32 Å². The highest BCUT2D eigenvalue weighted by Gasteiger charge is 2.17. The lowest BCUT2D eigenvalue weighted by Crippen LogP contribution is -2.36. The van der Waals surface area contributed by atoms with Gasteiger partial charge in [0.25, 0.3) is 5.69 Å². The van der Waals surface area contributed by atoms with Crippen LogP contribution in [0.1, 0.15) is 6.92 Å². The van der Waals surface area contributed by atoms with Gasteiger partial charge in [-0.05, 0) is 22.9 Å². The topological polar surface area (TPSA) is 88.4 Å². The maximum Gasteiger partial charge on any atom is 0.288 e. The molecule has 0 spiro atoms. The molecular weight excluding hydrogens is 304 g/mol. The molecule has 98 valence electrons. The maximum absolute atomic E-state index is 11.6. The van der Waals surface area contributed by atoms with Crippen LogP contribution in [0.4, 0.5) is 11.5 Å². The molecule has 0 aliphatic rings. The van der Waals surface area contributed by atoms with E-state index in [0.29, 0.717) is 10.3 Å². The normalized spacial score (nSPS) is 11.8. The fraction of sp³-hybridized carbons (Fsp3) is 0.400. The molecule has 0 aliphatic heterocycles. The van der Waals surface area contributed by atoms with Crippen molar-refractivity contribution >= 4 is 33.3 Å². The Balaban J connectivity index is 2.86. The van der Waals surface area contributed by atoms with E-state index in [2.05, 4.69) is 26.2 Å². The molecule has 0 bridgehead atoms. The number of carbonyl (C=O) groups excluding carboxylic acids is 1. The Morgan fingerprint density at radius 2 is 2.22 bits per heavy atom. The predicted molar refractivity (Wildman–Crippen MR) is 70.4 cm³/mol. The summed E-state index contributed by atoms with van der Waals surface area (Å²) in [4.78, 5) is 27.0. The van der Waals surface area contributed by atoms with E-state index in [1.165, 1.54) is 11.0 Å². The SMILES string of the molecule is C[C@H](Nc1ncc([N+](=O)[O-])cc1Br)C(=O)N(C)C. The highest BCUT2D eigenvalue weighted by atomic mass is 79.9. The third-order valence-corrected chi connectivity index (χ3v) is 2.81. The van der Waals surface area contributed by atoms with Crippen molar-refractivity contribution in [3.05, 3.63) is 26.9 Å². The molecular formula is C10H13BrN4O3. The van der Waals surface area contributed by atoms with Crippen LogP contribution in [0.2, 0.25) is 0 Å². The van der Waals surface area contributed by atoms with Crippen molar-refractivity contribution in [1.82, 2.24) is 9.88 Å². The summed E-state index contributed by atoms with van der Waals surface area (Å²) in [5, 5.41) is 13.4. The average molecular weight is 317 g/mol. The monoisotopic (exact) mass is 316 g/mol.